The number of aryl methyl sites for hydroxylation is 2. The number of fused-ring (bicyclic) bond motifs is 2. The summed E-state index contributed by atoms with van der Waals surface area (Å²) in [6.07, 6.45) is 7.61. The van der Waals surface area contributed by atoms with Crippen LogP contribution < -0.4 is 21.1 Å². The summed E-state index contributed by atoms with van der Waals surface area (Å²) in [5, 5.41) is 0.510. The molecule has 32 heavy (non-hydrogen) atoms. The minimum atomic E-state index is 0.203. The van der Waals surface area contributed by atoms with Gasteiger partial charge in [0.2, 0.25) is 5.95 Å². The fourth-order valence-corrected chi connectivity index (χ4v) is 4.69. The molecule has 9 heteroatoms. The van der Waals surface area contributed by atoms with Crippen LogP contribution >= 0.6 is 11.3 Å². The van der Waals surface area contributed by atoms with Gasteiger partial charge in [-0.25, -0.2) is 15.0 Å². The van der Waals surface area contributed by atoms with Crippen molar-refractivity contribution in [2.45, 2.75) is 20.4 Å². The Morgan fingerprint density at radius 1 is 1.12 bits per heavy atom. The second kappa shape index (κ2) is 7.66. The minimum Gasteiger partial charge on any atom is -0.491 e. The first-order valence-electron chi connectivity index (χ1n) is 10.1. The predicted molar refractivity (Wildman–Crippen MR) is 128 cm³/mol. The van der Waals surface area contributed by atoms with Gasteiger partial charge < -0.3 is 21.1 Å². The Labute approximate surface area is 189 Å². The molecule has 0 radical (unpaired) electrons. The summed E-state index contributed by atoms with van der Waals surface area (Å²) in [6.45, 7) is 5.60. The van der Waals surface area contributed by atoms with Gasteiger partial charge in [0.25, 0.3) is 0 Å². The molecule has 0 spiro atoms. The summed E-state index contributed by atoms with van der Waals surface area (Å²) < 4.78 is 6.12. The van der Waals surface area contributed by atoms with Crippen molar-refractivity contribution in [3.8, 4) is 29.2 Å². The number of benzene rings is 1. The zero-order valence-corrected chi connectivity index (χ0v) is 18.5. The molecule has 1 aliphatic rings. The molecule has 5 rings (SSSR count). The molecule has 0 saturated carbocycles. The van der Waals surface area contributed by atoms with Gasteiger partial charge in [0, 0.05) is 23.9 Å². The van der Waals surface area contributed by atoms with Crippen LogP contribution in [0.1, 0.15) is 22.4 Å². The van der Waals surface area contributed by atoms with E-state index in [0.717, 1.165) is 38.4 Å². The van der Waals surface area contributed by atoms with Gasteiger partial charge in [-0.2, -0.15) is 4.98 Å². The summed E-state index contributed by atoms with van der Waals surface area (Å²) in [5.74, 6) is 4.45. The highest BCUT2D eigenvalue weighted by Gasteiger charge is 2.23. The number of nitrogen functional groups attached to an aromatic ring is 2. The molecule has 8 nitrogen and oxygen atoms in total. The molecule has 0 bridgehead atoms. The van der Waals surface area contributed by atoms with Crippen LogP contribution in [0.4, 0.5) is 16.9 Å². The maximum Gasteiger partial charge on any atom is 0.222 e. The molecule has 160 valence electrons. The monoisotopic (exact) mass is 443 g/mol. The molecule has 0 saturated heterocycles. The van der Waals surface area contributed by atoms with E-state index < -0.39 is 0 Å². The van der Waals surface area contributed by atoms with Gasteiger partial charge in [0.15, 0.2) is 10.9 Å². The standard InChI is InChI=1S/C23H21N7OS/c1-4-17-13(3)27-22(24)29-20(17)30-5-6-31-19-12(2)7-14(8-16(19)11-30)15-9-18-21(26-10-15)32-23(25)28-18/h1,7-10H,5-6,11H2,2-3H3,(H2,25,28)(H2,24,27,29). The van der Waals surface area contributed by atoms with Crippen molar-refractivity contribution in [1.82, 2.24) is 19.9 Å². The van der Waals surface area contributed by atoms with Crippen LogP contribution in [-0.2, 0) is 6.54 Å². The molecule has 4 aromatic rings. The molecule has 1 aliphatic heterocycles. The lowest BCUT2D eigenvalue weighted by atomic mass is 9.99. The topological polar surface area (TPSA) is 116 Å². The van der Waals surface area contributed by atoms with E-state index in [4.69, 9.17) is 22.6 Å². The van der Waals surface area contributed by atoms with Gasteiger partial charge in [-0.3, -0.25) is 0 Å². The van der Waals surface area contributed by atoms with Crippen LogP contribution in [0.25, 0.3) is 21.5 Å². The van der Waals surface area contributed by atoms with Crippen molar-refractivity contribution < 1.29 is 4.74 Å². The second-order valence-electron chi connectivity index (χ2n) is 7.66. The highest BCUT2D eigenvalue weighted by molar-refractivity contribution is 7.21. The zero-order valence-electron chi connectivity index (χ0n) is 17.7. The maximum atomic E-state index is 6.12. The van der Waals surface area contributed by atoms with Crippen molar-refractivity contribution in [2.75, 3.05) is 29.5 Å². The van der Waals surface area contributed by atoms with Crippen molar-refractivity contribution in [3.63, 3.8) is 0 Å². The quantitative estimate of drug-likeness (QED) is 0.453. The number of thiazole rings is 1. The van der Waals surface area contributed by atoms with Crippen LogP contribution in [-0.4, -0.2) is 33.1 Å². The number of ether oxygens (including phenoxy) is 1. The largest absolute Gasteiger partial charge is 0.491 e. The number of anilines is 3. The number of pyridine rings is 1. The van der Waals surface area contributed by atoms with Crippen LogP contribution in [0.2, 0.25) is 0 Å². The van der Waals surface area contributed by atoms with Gasteiger partial charge in [-0.05, 0) is 43.2 Å². The molecule has 4 heterocycles. The number of rotatable bonds is 2. The molecular formula is C23H21N7OS. The normalized spacial score (nSPS) is 13.3. The smallest absolute Gasteiger partial charge is 0.222 e. The second-order valence-corrected chi connectivity index (χ2v) is 8.67. The maximum absolute atomic E-state index is 6.12. The van der Waals surface area contributed by atoms with Crippen LogP contribution in [0, 0.1) is 26.2 Å². The number of nitrogens with two attached hydrogens (primary N) is 2. The van der Waals surface area contributed by atoms with E-state index in [1.807, 2.05) is 26.1 Å². The van der Waals surface area contributed by atoms with Crippen LogP contribution in [0.15, 0.2) is 24.4 Å². The van der Waals surface area contributed by atoms with E-state index in [9.17, 15) is 0 Å². The Balaban J connectivity index is 1.58. The Morgan fingerprint density at radius 3 is 2.78 bits per heavy atom. The molecule has 0 amide bonds. The Hall–Kier alpha value is -3.90. The first-order valence-corrected chi connectivity index (χ1v) is 10.9. The summed E-state index contributed by atoms with van der Waals surface area (Å²) in [4.78, 5) is 20.5. The highest BCUT2D eigenvalue weighted by Crippen LogP contribution is 2.35. The van der Waals surface area contributed by atoms with Crippen molar-refractivity contribution >= 4 is 38.6 Å². The van der Waals surface area contributed by atoms with Gasteiger partial charge >= 0.3 is 0 Å². The fraction of sp³-hybridized carbons (Fsp3) is 0.217. The van der Waals surface area contributed by atoms with Crippen molar-refractivity contribution in [1.29, 1.82) is 0 Å². The van der Waals surface area contributed by atoms with E-state index in [-0.39, 0.29) is 5.95 Å². The molecule has 3 aromatic heterocycles. The zero-order chi connectivity index (χ0) is 22.4. The molecule has 0 aliphatic carbocycles. The van der Waals surface area contributed by atoms with Gasteiger partial charge in [-0.1, -0.05) is 17.3 Å². The number of hydrogen-bond donors (Lipinski definition) is 2. The van der Waals surface area contributed by atoms with Crippen molar-refractivity contribution in [3.05, 3.63) is 46.8 Å². The van der Waals surface area contributed by atoms with Crippen molar-refractivity contribution in [2.24, 2.45) is 0 Å². The molecule has 0 unspecified atom stereocenters. The predicted octanol–water partition coefficient (Wildman–Crippen LogP) is 3.31. The SMILES string of the molecule is C#Cc1c(C)nc(N)nc1N1CCOc2c(C)cc(-c3cnc4sc(N)nc4c3)cc2C1. The average molecular weight is 444 g/mol. The summed E-state index contributed by atoms with van der Waals surface area (Å²) in [7, 11) is 0. The third-order valence-electron chi connectivity index (χ3n) is 5.45. The average Bonchev–Trinajstić information content (AvgIpc) is 2.98. The van der Waals surface area contributed by atoms with Gasteiger partial charge in [0.05, 0.1) is 17.8 Å². The number of aromatic nitrogens is 4. The molecule has 0 fully saturated rings. The van der Waals surface area contributed by atoms with Crippen LogP contribution in [0.5, 0.6) is 5.75 Å². The summed E-state index contributed by atoms with van der Waals surface area (Å²) in [6, 6.07) is 6.23. The number of nitrogens with zero attached hydrogens (tertiary/aromatic N) is 5. The first kappa shape index (κ1) is 20.0. The van der Waals surface area contributed by atoms with Gasteiger partial charge in [-0.15, -0.1) is 6.42 Å². The molecule has 0 atom stereocenters. The number of hydrogen-bond acceptors (Lipinski definition) is 9. The van der Waals surface area contributed by atoms with Gasteiger partial charge in [0.1, 0.15) is 22.7 Å². The Bertz CT molecular complexity index is 1410. The van der Waals surface area contributed by atoms with E-state index >= 15 is 0 Å². The third kappa shape index (κ3) is 3.44. The first-order chi connectivity index (χ1) is 15.4. The van der Waals surface area contributed by atoms with E-state index in [1.54, 1.807) is 0 Å². The fourth-order valence-electron chi connectivity index (χ4n) is 4.04. The third-order valence-corrected chi connectivity index (χ3v) is 6.26. The van der Waals surface area contributed by atoms with E-state index in [0.29, 0.717) is 41.9 Å². The lowest BCUT2D eigenvalue weighted by Gasteiger charge is -2.23. The lowest BCUT2D eigenvalue weighted by Crippen LogP contribution is -2.28. The number of terminal acetylenes is 1. The molecular weight excluding hydrogens is 422 g/mol. The summed E-state index contributed by atoms with van der Waals surface area (Å²) >= 11 is 1.38. The van der Waals surface area contributed by atoms with E-state index in [1.165, 1.54) is 11.3 Å². The molecule has 1 aromatic carbocycles. The Morgan fingerprint density at radius 2 is 1.97 bits per heavy atom. The molecule has 4 N–H and O–H groups in total. The lowest BCUT2D eigenvalue weighted by molar-refractivity contribution is 0.329. The summed E-state index contributed by atoms with van der Waals surface area (Å²) in [5.41, 5.74) is 18.0. The van der Waals surface area contributed by atoms with Crippen LogP contribution in [0.3, 0.4) is 0 Å². The van der Waals surface area contributed by atoms with E-state index in [2.05, 4.69) is 42.9 Å². The Kier molecular flexibility index (Phi) is 4.79. The minimum absolute atomic E-state index is 0.203. The highest BCUT2D eigenvalue weighted by atomic mass is 32.1.